The van der Waals surface area contributed by atoms with E-state index in [0.29, 0.717) is 4.90 Å². The van der Waals surface area contributed by atoms with Gasteiger partial charge in [-0.3, -0.25) is 0 Å². The Labute approximate surface area is 136 Å². The molecule has 4 nitrogen and oxygen atoms in total. The minimum absolute atomic E-state index is 0.0677. The summed E-state index contributed by atoms with van der Waals surface area (Å²) in [6.07, 6.45) is 7.80. The zero-order valence-electron chi connectivity index (χ0n) is 12.8. The number of nitrogens with zero attached hydrogens (tertiary/aromatic N) is 1. The van der Waals surface area contributed by atoms with Gasteiger partial charge in [-0.15, -0.1) is 11.3 Å². The summed E-state index contributed by atoms with van der Waals surface area (Å²) in [5.41, 5.74) is 0.767. The molecule has 0 saturated heterocycles. The maximum absolute atomic E-state index is 12.6. The topological polar surface area (TPSA) is 59.1 Å². The van der Waals surface area contributed by atoms with E-state index in [1.165, 1.54) is 19.3 Å². The van der Waals surface area contributed by atoms with Crippen LogP contribution in [0.3, 0.4) is 0 Å². The van der Waals surface area contributed by atoms with Gasteiger partial charge in [-0.05, 0) is 38.0 Å². The highest BCUT2D eigenvalue weighted by atomic mass is 32.2. The molecule has 0 radical (unpaired) electrons. The largest absolute Gasteiger partial charge is 0.241 e. The monoisotopic (exact) mass is 338 g/mol. The van der Waals surface area contributed by atoms with Gasteiger partial charge in [0.1, 0.15) is 0 Å². The molecule has 1 fully saturated rings. The van der Waals surface area contributed by atoms with E-state index in [4.69, 9.17) is 0 Å². The highest BCUT2D eigenvalue weighted by molar-refractivity contribution is 7.89. The standard InChI is InChI=1S/C16H22N2O2S2/c1-12-17-15-11-14(9-10-16(15)21-12)22(19,20)18-13-7-5-3-2-4-6-8-13/h9-11,13,18H,2-8H2,1H3. The highest BCUT2D eigenvalue weighted by Gasteiger charge is 2.21. The number of sulfonamides is 1. The number of aromatic nitrogens is 1. The van der Waals surface area contributed by atoms with Crippen LogP contribution in [0.4, 0.5) is 0 Å². The van der Waals surface area contributed by atoms with E-state index in [2.05, 4.69) is 9.71 Å². The van der Waals surface area contributed by atoms with E-state index >= 15 is 0 Å². The van der Waals surface area contributed by atoms with Crippen LogP contribution in [0.15, 0.2) is 23.1 Å². The summed E-state index contributed by atoms with van der Waals surface area (Å²) in [5.74, 6) is 0. The predicted molar refractivity (Wildman–Crippen MR) is 90.8 cm³/mol. The molecule has 0 amide bonds. The SMILES string of the molecule is Cc1nc2cc(S(=O)(=O)NC3CCCCCCC3)ccc2s1. The van der Waals surface area contributed by atoms with Crippen molar-refractivity contribution in [2.45, 2.75) is 62.8 Å². The minimum atomic E-state index is -3.46. The predicted octanol–water partition coefficient (Wildman–Crippen LogP) is 4.00. The van der Waals surface area contributed by atoms with E-state index < -0.39 is 10.0 Å². The Kier molecular flexibility index (Phi) is 4.80. The van der Waals surface area contributed by atoms with Gasteiger partial charge in [0.2, 0.25) is 10.0 Å². The van der Waals surface area contributed by atoms with Crippen molar-refractivity contribution in [3.63, 3.8) is 0 Å². The molecule has 2 aromatic rings. The van der Waals surface area contributed by atoms with E-state index in [0.717, 1.165) is 40.9 Å². The molecule has 0 bridgehead atoms. The molecule has 3 rings (SSSR count). The molecule has 0 aliphatic heterocycles. The first kappa shape index (κ1) is 15.9. The number of hydrogen-bond donors (Lipinski definition) is 1. The summed E-state index contributed by atoms with van der Waals surface area (Å²) in [6, 6.07) is 5.29. The van der Waals surface area contributed by atoms with Gasteiger partial charge >= 0.3 is 0 Å². The minimum Gasteiger partial charge on any atom is -0.241 e. The molecule has 120 valence electrons. The third-order valence-electron chi connectivity index (χ3n) is 4.20. The molecular formula is C16H22N2O2S2. The van der Waals surface area contributed by atoms with Gasteiger partial charge in [0.25, 0.3) is 0 Å². The van der Waals surface area contributed by atoms with Crippen LogP contribution in [-0.4, -0.2) is 19.4 Å². The summed E-state index contributed by atoms with van der Waals surface area (Å²) in [7, 11) is -3.46. The lowest BCUT2D eigenvalue weighted by Crippen LogP contribution is -2.35. The lowest BCUT2D eigenvalue weighted by molar-refractivity contribution is 0.426. The molecule has 1 aliphatic rings. The summed E-state index contributed by atoms with van der Waals surface area (Å²) < 4.78 is 29.2. The summed E-state index contributed by atoms with van der Waals surface area (Å²) in [4.78, 5) is 4.71. The Morgan fingerprint density at radius 2 is 1.82 bits per heavy atom. The van der Waals surface area contributed by atoms with Crippen molar-refractivity contribution < 1.29 is 8.42 Å². The molecule has 22 heavy (non-hydrogen) atoms. The summed E-state index contributed by atoms with van der Waals surface area (Å²) >= 11 is 1.59. The fraction of sp³-hybridized carbons (Fsp3) is 0.562. The van der Waals surface area contributed by atoms with Gasteiger partial charge in [0.15, 0.2) is 0 Å². The summed E-state index contributed by atoms with van der Waals surface area (Å²) in [5, 5.41) is 0.956. The van der Waals surface area contributed by atoms with Gasteiger partial charge in [0.05, 0.1) is 20.1 Å². The Hall–Kier alpha value is -0.980. The van der Waals surface area contributed by atoms with Crippen LogP contribution < -0.4 is 4.72 Å². The molecule has 1 aromatic carbocycles. The second-order valence-corrected chi connectivity index (χ2v) is 8.97. The molecule has 0 atom stereocenters. The number of aryl methyl sites for hydroxylation is 1. The smallest absolute Gasteiger partial charge is 0.240 e. The molecule has 1 aromatic heterocycles. The highest BCUT2D eigenvalue weighted by Crippen LogP contribution is 2.25. The van der Waals surface area contributed by atoms with Crippen molar-refractivity contribution in [2.24, 2.45) is 0 Å². The van der Waals surface area contributed by atoms with Crippen molar-refractivity contribution in [3.05, 3.63) is 23.2 Å². The molecule has 1 saturated carbocycles. The number of rotatable bonds is 3. The zero-order valence-corrected chi connectivity index (χ0v) is 14.5. The molecular weight excluding hydrogens is 316 g/mol. The first-order valence-electron chi connectivity index (χ1n) is 7.94. The number of nitrogens with one attached hydrogen (secondary N) is 1. The van der Waals surface area contributed by atoms with Crippen LogP contribution in [-0.2, 0) is 10.0 Å². The lowest BCUT2D eigenvalue weighted by Gasteiger charge is -2.20. The second kappa shape index (κ2) is 6.64. The van der Waals surface area contributed by atoms with Crippen LogP contribution in [0.5, 0.6) is 0 Å². The van der Waals surface area contributed by atoms with Gasteiger partial charge in [-0.2, -0.15) is 0 Å². The van der Waals surface area contributed by atoms with Crippen LogP contribution in [0, 0.1) is 6.92 Å². The zero-order chi connectivity index (χ0) is 15.6. The average molecular weight is 338 g/mol. The summed E-state index contributed by atoms with van der Waals surface area (Å²) in [6.45, 7) is 1.94. The van der Waals surface area contributed by atoms with Crippen LogP contribution in [0.1, 0.15) is 50.0 Å². The number of fused-ring (bicyclic) bond motifs is 1. The maximum Gasteiger partial charge on any atom is 0.240 e. The Morgan fingerprint density at radius 1 is 1.14 bits per heavy atom. The fourth-order valence-corrected chi connectivity index (χ4v) is 5.18. The number of hydrogen-bond acceptors (Lipinski definition) is 4. The molecule has 1 N–H and O–H groups in total. The lowest BCUT2D eigenvalue weighted by atomic mass is 9.97. The first-order chi connectivity index (χ1) is 10.5. The van der Waals surface area contributed by atoms with Gasteiger partial charge < -0.3 is 0 Å². The van der Waals surface area contributed by atoms with Crippen LogP contribution >= 0.6 is 11.3 Å². The number of thiazole rings is 1. The van der Waals surface area contributed by atoms with Crippen molar-refractivity contribution in [2.75, 3.05) is 0 Å². The third kappa shape index (κ3) is 3.67. The van der Waals surface area contributed by atoms with E-state index in [-0.39, 0.29) is 6.04 Å². The molecule has 0 spiro atoms. The molecule has 0 unspecified atom stereocenters. The van der Waals surface area contributed by atoms with Crippen molar-refractivity contribution in [1.29, 1.82) is 0 Å². The van der Waals surface area contributed by atoms with Crippen molar-refractivity contribution in [1.82, 2.24) is 9.71 Å². The third-order valence-corrected chi connectivity index (χ3v) is 6.67. The second-order valence-electron chi connectivity index (χ2n) is 6.03. The molecule has 1 aliphatic carbocycles. The normalized spacial score (nSPS) is 18.2. The maximum atomic E-state index is 12.6. The van der Waals surface area contributed by atoms with Gasteiger partial charge in [0, 0.05) is 6.04 Å². The quantitative estimate of drug-likeness (QED) is 0.920. The van der Waals surface area contributed by atoms with Crippen molar-refractivity contribution >= 4 is 31.6 Å². The van der Waals surface area contributed by atoms with Crippen molar-refractivity contribution in [3.8, 4) is 0 Å². The first-order valence-corrected chi connectivity index (χ1v) is 10.2. The van der Waals surface area contributed by atoms with Crippen LogP contribution in [0.2, 0.25) is 0 Å². The molecule has 6 heteroatoms. The van der Waals surface area contributed by atoms with Gasteiger partial charge in [-0.1, -0.05) is 32.1 Å². The van der Waals surface area contributed by atoms with E-state index in [1.54, 1.807) is 23.5 Å². The Morgan fingerprint density at radius 3 is 2.55 bits per heavy atom. The average Bonchev–Trinajstić information content (AvgIpc) is 2.80. The Balaban J connectivity index is 1.80. The van der Waals surface area contributed by atoms with Crippen LogP contribution in [0.25, 0.3) is 10.2 Å². The Bertz CT molecular complexity index is 745. The van der Waals surface area contributed by atoms with Gasteiger partial charge in [-0.25, -0.2) is 18.1 Å². The fourth-order valence-electron chi connectivity index (χ4n) is 3.05. The number of benzene rings is 1. The van der Waals surface area contributed by atoms with E-state index in [1.807, 2.05) is 13.0 Å². The van der Waals surface area contributed by atoms with E-state index in [9.17, 15) is 8.42 Å². The molecule has 1 heterocycles.